The molecule has 0 aliphatic carbocycles. The van der Waals surface area contributed by atoms with E-state index in [0.29, 0.717) is 25.9 Å². The van der Waals surface area contributed by atoms with Gasteiger partial charge in [-0.3, -0.25) is 9.59 Å². The number of rotatable bonds is 3. The van der Waals surface area contributed by atoms with Gasteiger partial charge in [0, 0.05) is 38.5 Å². The Balaban J connectivity index is 2.43. The van der Waals surface area contributed by atoms with Gasteiger partial charge in [-0.05, 0) is 44.6 Å². The maximum atomic E-state index is 14.1. The van der Waals surface area contributed by atoms with Crippen molar-refractivity contribution in [2.45, 2.75) is 51.7 Å². The van der Waals surface area contributed by atoms with E-state index in [1.807, 2.05) is 11.9 Å². The van der Waals surface area contributed by atoms with Crippen molar-refractivity contribution in [3.05, 3.63) is 29.3 Å². The maximum absolute atomic E-state index is 14.1. The van der Waals surface area contributed by atoms with E-state index in [0.717, 1.165) is 12.1 Å². The fraction of sp³-hybridized carbons (Fsp3) is 0.619. The summed E-state index contributed by atoms with van der Waals surface area (Å²) in [5, 5.41) is 0. The zero-order valence-corrected chi connectivity index (χ0v) is 17.8. The summed E-state index contributed by atoms with van der Waals surface area (Å²) < 4.78 is 65.9. The minimum Gasteiger partial charge on any atom is -0.338 e. The van der Waals surface area contributed by atoms with E-state index < -0.39 is 36.6 Å². The number of benzene rings is 1. The average Bonchev–Trinajstić information content (AvgIpc) is 2.69. The lowest BCUT2D eigenvalue weighted by atomic mass is 10.1. The zero-order valence-electron chi connectivity index (χ0n) is 17.8. The highest BCUT2D eigenvalue weighted by atomic mass is 19.4. The minimum absolute atomic E-state index is 0.141. The van der Waals surface area contributed by atoms with Gasteiger partial charge in [-0.1, -0.05) is 6.92 Å². The summed E-state index contributed by atoms with van der Waals surface area (Å²) in [5.41, 5.74) is 0.331. The Hall–Kier alpha value is -2.23. The van der Waals surface area contributed by atoms with Crippen LogP contribution in [-0.2, 0) is 16.1 Å². The van der Waals surface area contributed by atoms with Gasteiger partial charge < -0.3 is 14.7 Å². The Labute approximate surface area is 178 Å². The number of hydrogen-bond acceptors (Lipinski definition) is 3. The van der Waals surface area contributed by atoms with Crippen LogP contribution in [0.5, 0.6) is 0 Å². The molecule has 0 spiro atoms. The van der Waals surface area contributed by atoms with Gasteiger partial charge >= 0.3 is 6.18 Å². The quantitative estimate of drug-likeness (QED) is 0.653. The predicted molar refractivity (Wildman–Crippen MR) is 106 cm³/mol. The van der Waals surface area contributed by atoms with Crippen LogP contribution in [0.15, 0.2) is 12.1 Å². The van der Waals surface area contributed by atoms with Gasteiger partial charge in [0.15, 0.2) is 11.6 Å². The molecule has 5 nitrogen and oxygen atoms in total. The van der Waals surface area contributed by atoms with Crippen LogP contribution >= 0.6 is 0 Å². The van der Waals surface area contributed by atoms with Crippen molar-refractivity contribution < 1.29 is 31.5 Å². The van der Waals surface area contributed by atoms with Crippen LogP contribution in [0.3, 0.4) is 0 Å². The van der Waals surface area contributed by atoms with Crippen LogP contribution in [0.2, 0.25) is 0 Å². The summed E-state index contributed by atoms with van der Waals surface area (Å²) in [5.74, 6) is -3.29. The summed E-state index contributed by atoms with van der Waals surface area (Å²) in [6.07, 6.45) is -5.19. The lowest BCUT2D eigenvalue weighted by Crippen LogP contribution is -2.38. The third-order valence-electron chi connectivity index (χ3n) is 5.24. The third-order valence-corrected chi connectivity index (χ3v) is 5.24. The lowest BCUT2D eigenvalue weighted by Gasteiger charge is -2.31. The van der Waals surface area contributed by atoms with E-state index in [-0.39, 0.29) is 43.2 Å². The molecule has 0 bridgehead atoms. The standard InChI is InChI=1S/C21H28F5N3O2/c1-3-19(30)29-11-5-9-27(2)8-4-10-28(20(31)6-7-21(24,25)26)14-15-12-16(22)17(23)13-18(15)29/h12-13H,3-11,14H2,1-2H3. The number of alkyl halides is 3. The van der Waals surface area contributed by atoms with E-state index in [4.69, 9.17) is 0 Å². The van der Waals surface area contributed by atoms with Crippen molar-refractivity contribution in [1.29, 1.82) is 0 Å². The fourth-order valence-electron chi connectivity index (χ4n) is 3.57. The van der Waals surface area contributed by atoms with Gasteiger partial charge in [0.25, 0.3) is 0 Å². The predicted octanol–water partition coefficient (Wildman–Crippen LogP) is 4.10. The molecular formula is C21H28F5N3O2. The topological polar surface area (TPSA) is 43.9 Å². The molecule has 1 aliphatic rings. The smallest absolute Gasteiger partial charge is 0.338 e. The normalized spacial score (nSPS) is 17.0. The Morgan fingerprint density at radius 2 is 1.58 bits per heavy atom. The summed E-state index contributed by atoms with van der Waals surface area (Å²) >= 11 is 0. The molecule has 0 saturated carbocycles. The molecule has 0 N–H and O–H groups in total. The largest absolute Gasteiger partial charge is 0.389 e. The molecule has 1 aromatic carbocycles. The molecule has 1 heterocycles. The van der Waals surface area contributed by atoms with Crippen LogP contribution in [0.25, 0.3) is 0 Å². The van der Waals surface area contributed by atoms with Gasteiger partial charge in [-0.2, -0.15) is 13.2 Å². The molecule has 1 aromatic rings. The molecule has 31 heavy (non-hydrogen) atoms. The van der Waals surface area contributed by atoms with E-state index in [2.05, 4.69) is 0 Å². The zero-order chi connectivity index (χ0) is 23.2. The summed E-state index contributed by atoms with van der Waals surface area (Å²) in [7, 11) is 1.87. The van der Waals surface area contributed by atoms with Crippen LogP contribution < -0.4 is 4.90 Å². The van der Waals surface area contributed by atoms with Gasteiger partial charge in [-0.15, -0.1) is 0 Å². The third kappa shape index (κ3) is 7.45. The van der Waals surface area contributed by atoms with Crippen LogP contribution in [-0.4, -0.2) is 61.0 Å². The summed E-state index contributed by atoms with van der Waals surface area (Å²) in [6.45, 7) is 3.12. The van der Waals surface area contributed by atoms with Crippen LogP contribution in [0, 0.1) is 11.6 Å². The van der Waals surface area contributed by atoms with Crippen molar-refractivity contribution in [3.8, 4) is 0 Å². The van der Waals surface area contributed by atoms with E-state index in [1.54, 1.807) is 6.92 Å². The van der Waals surface area contributed by atoms with E-state index >= 15 is 0 Å². The SMILES string of the molecule is CCC(=O)N1CCCN(C)CCCN(C(=O)CCC(F)(F)F)Cc2cc(F)c(F)cc21. The van der Waals surface area contributed by atoms with Gasteiger partial charge in [0.05, 0.1) is 12.1 Å². The van der Waals surface area contributed by atoms with Crippen molar-refractivity contribution in [2.75, 3.05) is 38.1 Å². The first-order valence-corrected chi connectivity index (χ1v) is 10.3. The first-order chi connectivity index (χ1) is 14.5. The monoisotopic (exact) mass is 449 g/mol. The molecule has 0 saturated heterocycles. The molecule has 0 radical (unpaired) electrons. The summed E-state index contributed by atoms with van der Waals surface area (Å²) in [4.78, 5) is 29.7. The highest BCUT2D eigenvalue weighted by Gasteiger charge is 2.30. The molecule has 2 amide bonds. The second-order valence-corrected chi connectivity index (χ2v) is 7.73. The van der Waals surface area contributed by atoms with E-state index in [9.17, 15) is 31.5 Å². The maximum Gasteiger partial charge on any atom is 0.389 e. The Kier molecular flexibility index (Phi) is 8.79. The van der Waals surface area contributed by atoms with Crippen molar-refractivity contribution in [3.63, 3.8) is 0 Å². The highest BCUT2D eigenvalue weighted by Crippen LogP contribution is 2.28. The number of amides is 2. The fourth-order valence-corrected chi connectivity index (χ4v) is 3.57. The number of fused-ring (bicyclic) bond motifs is 1. The minimum atomic E-state index is -4.47. The highest BCUT2D eigenvalue weighted by molar-refractivity contribution is 5.94. The Morgan fingerprint density at radius 1 is 0.968 bits per heavy atom. The van der Waals surface area contributed by atoms with Gasteiger partial charge in [-0.25, -0.2) is 8.78 Å². The summed E-state index contributed by atoms with van der Waals surface area (Å²) in [6, 6.07) is 1.84. The molecule has 10 heteroatoms. The molecular weight excluding hydrogens is 421 g/mol. The van der Waals surface area contributed by atoms with E-state index in [1.165, 1.54) is 9.80 Å². The van der Waals surface area contributed by atoms with Crippen LogP contribution in [0.4, 0.5) is 27.6 Å². The van der Waals surface area contributed by atoms with Gasteiger partial charge in [0.2, 0.25) is 11.8 Å². The number of carbonyl (C=O) groups excluding carboxylic acids is 2. The molecule has 0 aromatic heterocycles. The van der Waals surface area contributed by atoms with Crippen LogP contribution in [0.1, 0.15) is 44.6 Å². The van der Waals surface area contributed by atoms with Gasteiger partial charge in [0.1, 0.15) is 0 Å². The molecule has 174 valence electrons. The number of halogens is 5. The number of carbonyl (C=O) groups is 2. The Bertz CT molecular complexity index is 785. The lowest BCUT2D eigenvalue weighted by molar-refractivity contribution is -0.149. The number of nitrogens with zero attached hydrogens (tertiary/aromatic N) is 3. The molecule has 0 unspecified atom stereocenters. The Morgan fingerprint density at radius 3 is 2.19 bits per heavy atom. The molecule has 0 atom stereocenters. The number of hydrogen-bond donors (Lipinski definition) is 0. The van der Waals surface area contributed by atoms with Crippen molar-refractivity contribution in [1.82, 2.24) is 9.80 Å². The second-order valence-electron chi connectivity index (χ2n) is 7.73. The van der Waals surface area contributed by atoms with Crippen molar-refractivity contribution >= 4 is 17.5 Å². The van der Waals surface area contributed by atoms with Crippen molar-refractivity contribution in [2.24, 2.45) is 0 Å². The molecule has 0 fully saturated rings. The second kappa shape index (κ2) is 10.9. The first-order valence-electron chi connectivity index (χ1n) is 10.3. The first kappa shape index (κ1) is 25.0. The number of anilines is 1. The average molecular weight is 449 g/mol. The molecule has 1 aliphatic heterocycles. The molecule has 2 rings (SSSR count).